The van der Waals surface area contributed by atoms with Crippen LogP contribution in [0.15, 0.2) is 84.9 Å². The van der Waals surface area contributed by atoms with Crippen LogP contribution in [0.5, 0.6) is 11.5 Å². The second-order valence-corrected chi connectivity index (χ2v) is 7.66. The molecule has 0 aliphatic rings. The number of aromatic carboxylic acids is 1. The Morgan fingerprint density at radius 2 is 1.62 bits per heavy atom. The molecule has 0 unspecified atom stereocenters. The van der Waals surface area contributed by atoms with Crippen molar-refractivity contribution in [2.45, 2.75) is 13.5 Å². The standard InChI is InChI=1S/C29H23NO4/c1-2-33-28-17-20(15-26(18-30)23-10-12-24(13-11-23)29(31)32)8-14-27(28)34-19-21-7-9-22-5-3-4-6-25(22)16-21/h3-17H,2,19H2,1H3,(H,31,32)/b26-15-. The SMILES string of the molecule is CCOc1cc(/C=C(/C#N)c2ccc(C(=O)O)cc2)ccc1OCc1ccc2ccccc2c1. The molecule has 0 saturated carbocycles. The summed E-state index contributed by atoms with van der Waals surface area (Å²) in [4.78, 5) is 11.1. The van der Waals surface area contributed by atoms with Crippen LogP contribution >= 0.6 is 0 Å². The first kappa shape index (κ1) is 22.6. The minimum Gasteiger partial charge on any atom is -0.490 e. The van der Waals surface area contributed by atoms with Gasteiger partial charge in [-0.15, -0.1) is 0 Å². The fourth-order valence-corrected chi connectivity index (χ4v) is 3.63. The lowest BCUT2D eigenvalue weighted by atomic mass is 10.0. The molecule has 0 radical (unpaired) electrons. The number of rotatable bonds is 8. The van der Waals surface area contributed by atoms with Gasteiger partial charge >= 0.3 is 5.97 Å². The number of benzene rings is 4. The zero-order valence-electron chi connectivity index (χ0n) is 18.7. The van der Waals surface area contributed by atoms with E-state index in [-0.39, 0.29) is 5.56 Å². The van der Waals surface area contributed by atoms with Gasteiger partial charge in [-0.1, -0.05) is 54.6 Å². The first-order valence-electron chi connectivity index (χ1n) is 10.9. The lowest BCUT2D eigenvalue weighted by Gasteiger charge is -2.13. The van der Waals surface area contributed by atoms with E-state index in [2.05, 4.69) is 36.4 Å². The molecule has 5 nitrogen and oxygen atoms in total. The van der Waals surface area contributed by atoms with Crippen LogP contribution in [0.25, 0.3) is 22.4 Å². The van der Waals surface area contributed by atoms with Gasteiger partial charge in [-0.05, 0) is 70.8 Å². The molecular weight excluding hydrogens is 426 g/mol. The maximum absolute atomic E-state index is 11.1. The van der Waals surface area contributed by atoms with E-state index in [1.807, 2.05) is 37.3 Å². The third kappa shape index (κ3) is 5.25. The Morgan fingerprint density at radius 1 is 0.882 bits per heavy atom. The molecule has 34 heavy (non-hydrogen) atoms. The van der Waals surface area contributed by atoms with E-state index >= 15 is 0 Å². The van der Waals surface area contributed by atoms with Crippen LogP contribution < -0.4 is 9.47 Å². The third-order valence-electron chi connectivity index (χ3n) is 5.35. The predicted molar refractivity (Wildman–Crippen MR) is 133 cm³/mol. The van der Waals surface area contributed by atoms with Gasteiger partial charge in [-0.2, -0.15) is 5.26 Å². The Kier molecular flexibility index (Phi) is 6.90. The average Bonchev–Trinajstić information content (AvgIpc) is 2.87. The first-order chi connectivity index (χ1) is 16.6. The molecule has 0 spiro atoms. The monoisotopic (exact) mass is 449 g/mol. The minimum atomic E-state index is -1.00. The van der Waals surface area contributed by atoms with Crippen LogP contribution in [0.1, 0.15) is 34.0 Å². The molecular formula is C29H23NO4. The van der Waals surface area contributed by atoms with Crippen molar-refractivity contribution in [2.75, 3.05) is 6.61 Å². The van der Waals surface area contributed by atoms with Crippen LogP contribution in [-0.4, -0.2) is 17.7 Å². The fraction of sp³-hybridized carbons (Fsp3) is 0.103. The fourth-order valence-electron chi connectivity index (χ4n) is 3.63. The zero-order chi connectivity index (χ0) is 23.9. The van der Waals surface area contributed by atoms with Crippen molar-refractivity contribution in [3.05, 3.63) is 107 Å². The van der Waals surface area contributed by atoms with Crippen LogP contribution in [0.3, 0.4) is 0 Å². The zero-order valence-corrected chi connectivity index (χ0v) is 18.7. The van der Waals surface area contributed by atoms with Gasteiger partial charge in [0.1, 0.15) is 6.61 Å². The summed E-state index contributed by atoms with van der Waals surface area (Å²) >= 11 is 0. The molecule has 0 aliphatic carbocycles. The first-order valence-corrected chi connectivity index (χ1v) is 10.9. The summed E-state index contributed by atoms with van der Waals surface area (Å²) in [5, 5.41) is 21.1. The highest BCUT2D eigenvalue weighted by Gasteiger charge is 2.09. The number of hydrogen-bond acceptors (Lipinski definition) is 4. The molecule has 0 aliphatic heterocycles. The lowest BCUT2D eigenvalue weighted by molar-refractivity contribution is 0.0697. The number of nitrogens with zero attached hydrogens (tertiary/aromatic N) is 1. The molecule has 4 aromatic carbocycles. The van der Waals surface area contributed by atoms with Crippen molar-refractivity contribution < 1.29 is 19.4 Å². The third-order valence-corrected chi connectivity index (χ3v) is 5.35. The maximum atomic E-state index is 11.1. The molecule has 0 saturated heterocycles. The van der Waals surface area contributed by atoms with Crippen molar-refractivity contribution in [1.82, 2.24) is 0 Å². The number of carboxylic acids is 1. The van der Waals surface area contributed by atoms with Gasteiger partial charge in [-0.3, -0.25) is 0 Å². The van der Waals surface area contributed by atoms with Crippen molar-refractivity contribution in [3.63, 3.8) is 0 Å². The molecule has 4 aromatic rings. The summed E-state index contributed by atoms with van der Waals surface area (Å²) in [5.74, 6) is 0.210. The minimum absolute atomic E-state index is 0.174. The molecule has 4 rings (SSSR count). The average molecular weight is 450 g/mol. The number of carbonyl (C=O) groups is 1. The van der Waals surface area contributed by atoms with E-state index in [4.69, 9.17) is 14.6 Å². The van der Waals surface area contributed by atoms with Gasteiger partial charge < -0.3 is 14.6 Å². The summed E-state index contributed by atoms with van der Waals surface area (Å²) in [6, 6.07) is 28.4. The summed E-state index contributed by atoms with van der Waals surface area (Å²) in [6.07, 6.45) is 1.74. The van der Waals surface area contributed by atoms with E-state index in [9.17, 15) is 10.1 Å². The molecule has 168 valence electrons. The molecule has 0 aromatic heterocycles. The quantitative estimate of drug-likeness (QED) is 0.243. The van der Waals surface area contributed by atoms with Crippen molar-refractivity contribution >= 4 is 28.4 Å². The summed E-state index contributed by atoms with van der Waals surface area (Å²) in [6.45, 7) is 2.78. The number of ether oxygens (including phenoxy) is 2. The Bertz CT molecular complexity index is 1400. The molecule has 5 heteroatoms. The highest BCUT2D eigenvalue weighted by atomic mass is 16.5. The number of fused-ring (bicyclic) bond motifs is 1. The number of carboxylic acid groups (broad SMARTS) is 1. The smallest absolute Gasteiger partial charge is 0.335 e. The van der Waals surface area contributed by atoms with Gasteiger partial charge in [-0.25, -0.2) is 4.79 Å². The highest BCUT2D eigenvalue weighted by molar-refractivity contribution is 5.92. The van der Waals surface area contributed by atoms with Gasteiger partial charge in [0, 0.05) is 0 Å². The largest absolute Gasteiger partial charge is 0.490 e. The molecule has 0 atom stereocenters. The van der Waals surface area contributed by atoms with Crippen molar-refractivity contribution in [1.29, 1.82) is 5.26 Å². The summed E-state index contributed by atoms with van der Waals surface area (Å²) in [5.41, 5.74) is 3.07. The van der Waals surface area contributed by atoms with E-state index < -0.39 is 5.97 Å². The molecule has 1 N–H and O–H groups in total. The van der Waals surface area contributed by atoms with Crippen LogP contribution in [0.4, 0.5) is 0 Å². The van der Waals surface area contributed by atoms with E-state index in [0.717, 1.165) is 16.5 Å². The second-order valence-electron chi connectivity index (χ2n) is 7.66. The van der Waals surface area contributed by atoms with Crippen LogP contribution in [0, 0.1) is 11.3 Å². The van der Waals surface area contributed by atoms with Crippen molar-refractivity contribution in [3.8, 4) is 17.6 Å². The predicted octanol–water partition coefficient (Wildman–Crippen LogP) is 6.58. The van der Waals surface area contributed by atoms with Crippen LogP contribution in [0.2, 0.25) is 0 Å². The second kappa shape index (κ2) is 10.4. The van der Waals surface area contributed by atoms with Gasteiger partial charge in [0.05, 0.1) is 23.8 Å². The van der Waals surface area contributed by atoms with E-state index in [1.165, 1.54) is 17.5 Å². The lowest BCUT2D eigenvalue weighted by Crippen LogP contribution is -2.00. The van der Waals surface area contributed by atoms with Crippen molar-refractivity contribution in [2.24, 2.45) is 0 Å². The number of nitriles is 1. The highest BCUT2D eigenvalue weighted by Crippen LogP contribution is 2.31. The van der Waals surface area contributed by atoms with Crippen LogP contribution in [-0.2, 0) is 6.61 Å². The van der Waals surface area contributed by atoms with E-state index in [1.54, 1.807) is 18.2 Å². The molecule has 0 bridgehead atoms. The van der Waals surface area contributed by atoms with Gasteiger partial charge in [0.2, 0.25) is 0 Å². The van der Waals surface area contributed by atoms with Gasteiger partial charge in [0.15, 0.2) is 11.5 Å². The van der Waals surface area contributed by atoms with Gasteiger partial charge in [0.25, 0.3) is 0 Å². The van der Waals surface area contributed by atoms with E-state index in [0.29, 0.717) is 35.8 Å². The normalized spacial score (nSPS) is 11.1. The Labute approximate surface area is 198 Å². The Balaban J connectivity index is 1.56. The summed E-state index contributed by atoms with van der Waals surface area (Å²) in [7, 11) is 0. The Hall–Kier alpha value is -4.56. The Morgan fingerprint density at radius 3 is 2.32 bits per heavy atom. The number of hydrogen-bond donors (Lipinski definition) is 1. The number of allylic oxidation sites excluding steroid dienone is 1. The molecule has 0 heterocycles. The molecule has 0 amide bonds. The topological polar surface area (TPSA) is 79.5 Å². The summed E-state index contributed by atoms with van der Waals surface area (Å²) < 4.78 is 11.9. The molecule has 0 fully saturated rings. The maximum Gasteiger partial charge on any atom is 0.335 e.